The zero-order valence-electron chi connectivity index (χ0n) is 13.4. The lowest BCUT2D eigenvalue weighted by Crippen LogP contribution is -2.41. The molecule has 0 unspecified atom stereocenters. The van der Waals surface area contributed by atoms with Crippen molar-refractivity contribution in [2.45, 2.75) is 44.4 Å². The van der Waals surface area contributed by atoms with Gasteiger partial charge in [0.2, 0.25) is 5.91 Å². The second kappa shape index (κ2) is 4.69. The summed E-state index contributed by atoms with van der Waals surface area (Å²) in [5, 5.41) is 4.24. The topological polar surface area (TPSA) is 69.4 Å². The molecule has 4 aliphatic heterocycles. The quantitative estimate of drug-likeness (QED) is 0.718. The predicted octanol–water partition coefficient (Wildman–Crippen LogP) is -0.220. The average molecular weight is 318 g/mol. The molecule has 1 amide bonds. The van der Waals surface area contributed by atoms with Gasteiger partial charge in [-0.1, -0.05) is 0 Å². The van der Waals surface area contributed by atoms with Crippen molar-refractivity contribution in [3.05, 3.63) is 16.3 Å². The van der Waals surface area contributed by atoms with E-state index in [1.807, 2.05) is 4.90 Å². The summed E-state index contributed by atoms with van der Waals surface area (Å²) in [7, 11) is 1.67. The second-order valence-electron chi connectivity index (χ2n) is 7.53. The summed E-state index contributed by atoms with van der Waals surface area (Å²) in [5.41, 5.74) is -0.109. The summed E-state index contributed by atoms with van der Waals surface area (Å²) in [6.07, 6.45) is 4.58. The van der Waals surface area contributed by atoms with Crippen LogP contribution in [-0.2, 0) is 29.5 Å². The SMILES string of the molecule is Cn1nc2n(c1=O)C[C@@H](C(=O)N1C[C@@H]3[C@H](C1)[C@H]1CC[C@@H]3O1)CC2. The number of nitrogens with zero attached hydrogens (tertiary/aromatic N) is 4. The highest BCUT2D eigenvalue weighted by Crippen LogP contribution is 2.47. The van der Waals surface area contributed by atoms with Gasteiger partial charge in [0.15, 0.2) is 0 Å². The number of likely N-dealkylation sites (tertiary alicyclic amines) is 1. The predicted molar refractivity (Wildman–Crippen MR) is 80.7 cm³/mol. The number of hydrogen-bond acceptors (Lipinski definition) is 4. The number of aryl methyl sites for hydroxylation is 2. The van der Waals surface area contributed by atoms with Crippen molar-refractivity contribution in [3.8, 4) is 0 Å². The van der Waals surface area contributed by atoms with E-state index in [1.165, 1.54) is 4.68 Å². The van der Waals surface area contributed by atoms with Gasteiger partial charge in [-0.2, -0.15) is 5.10 Å². The van der Waals surface area contributed by atoms with Gasteiger partial charge in [-0.15, -0.1) is 0 Å². The molecule has 5 atom stereocenters. The Bertz CT molecular complexity index is 705. The molecule has 3 saturated heterocycles. The minimum atomic E-state index is -0.109. The zero-order chi connectivity index (χ0) is 15.7. The summed E-state index contributed by atoms with van der Waals surface area (Å²) in [6, 6.07) is 0. The second-order valence-corrected chi connectivity index (χ2v) is 7.53. The summed E-state index contributed by atoms with van der Waals surface area (Å²) in [6.45, 7) is 2.17. The first-order valence-corrected chi connectivity index (χ1v) is 8.69. The molecule has 7 heteroatoms. The van der Waals surface area contributed by atoms with Crippen LogP contribution in [0.25, 0.3) is 0 Å². The molecule has 23 heavy (non-hydrogen) atoms. The van der Waals surface area contributed by atoms with Crippen LogP contribution in [0.2, 0.25) is 0 Å². The molecular formula is C16H22N4O3. The Labute approximate surface area is 134 Å². The standard InChI is InChI=1S/C16H22N4O3/c1-18-16(22)20-6-9(2-5-14(20)17-18)15(21)19-7-10-11(8-19)13-4-3-12(10)23-13/h9-13H,2-8H2,1H3/t9-,10-,11+,12+,13-/m0/s1. The third-order valence-electron chi connectivity index (χ3n) is 6.32. The van der Waals surface area contributed by atoms with E-state index in [-0.39, 0.29) is 17.5 Å². The first-order chi connectivity index (χ1) is 11.1. The lowest BCUT2D eigenvalue weighted by atomic mass is 9.82. The van der Waals surface area contributed by atoms with Gasteiger partial charge in [-0.3, -0.25) is 9.36 Å². The average Bonchev–Trinajstić information content (AvgIpc) is 3.29. The maximum Gasteiger partial charge on any atom is 0.345 e. The van der Waals surface area contributed by atoms with Crippen molar-refractivity contribution in [1.29, 1.82) is 0 Å². The van der Waals surface area contributed by atoms with Gasteiger partial charge in [0, 0.05) is 44.9 Å². The van der Waals surface area contributed by atoms with Crippen molar-refractivity contribution in [1.82, 2.24) is 19.2 Å². The molecule has 4 aliphatic rings. The smallest absolute Gasteiger partial charge is 0.345 e. The molecule has 0 aromatic carbocycles. The number of rotatable bonds is 1. The third kappa shape index (κ3) is 1.89. The molecule has 5 heterocycles. The maximum atomic E-state index is 12.9. The van der Waals surface area contributed by atoms with Crippen LogP contribution < -0.4 is 5.69 Å². The van der Waals surface area contributed by atoms with E-state index in [0.29, 0.717) is 37.0 Å². The van der Waals surface area contributed by atoms with Crippen molar-refractivity contribution >= 4 is 5.91 Å². The van der Waals surface area contributed by atoms with E-state index in [2.05, 4.69) is 5.10 Å². The Morgan fingerprint density at radius 1 is 1.13 bits per heavy atom. The summed E-state index contributed by atoms with van der Waals surface area (Å²) in [5.74, 6) is 2.03. The molecule has 0 spiro atoms. The molecule has 0 aliphatic carbocycles. The van der Waals surface area contributed by atoms with Crippen molar-refractivity contribution in [3.63, 3.8) is 0 Å². The third-order valence-corrected chi connectivity index (χ3v) is 6.32. The van der Waals surface area contributed by atoms with Gasteiger partial charge in [0.25, 0.3) is 0 Å². The fraction of sp³-hybridized carbons (Fsp3) is 0.812. The van der Waals surface area contributed by atoms with Crippen LogP contribution in [0.3, 0.4) is 0 Å². The molecule has 0 saturated carbocycles. The van der Waals surface area contributed by atoms with Gasteiger partial charge in [-0.25, -0.2) is 9.48 Å². The Morgan fingerprint density at radius 3 is 2.52 bits per heavy atom. The van der Waals surface area contributed by atoms with E-state index >= 15 is 0 Å². The molecular weight excluding hydrogens is 296 g/mol. The summed E-state index contributed by atoms with van der Waals surface area (Å²) < 4.78 is 9.03. The van der Waals surface area contributed by atoms with Crippen LogP contribution in [0.4, 0.5) is 0 Å². The number of hydrogen-bond donors (Lipinski definition) is 0. The minimum Gasteiger partial charge on any atom is -0.374 e. The van der Waals surface area contributed by atoms with Crippen LogP contribution >= 0.6 is 0 Å². The molecule has 5 rings (SSSR count). The maximum absolute atomic E-state index is 12.9. The highest BCUT2D eigenvalue weighted by Gasteiger charge is 2.54. The highest BCUT2D eigenvalue weighted by molar-refractivity contribution is 5.79. The zero-order valence-corrected chi connectivity index (χ0v) is 13.4. The molecule has 2 bridgehead atoms. The fourth-order valence-electron chi connectivity index (χ4n) is 5.14. The van der Waals surface area contributed by atoms with Crippen LogP contribution in [-0.4, -0.2) is 50.5 Å². The Morgan fingerprint density at radius 2 is 1.83 bits per heavy atom. The van der Waals surface area contributed by atoms with Gasteiger partial charge >= 0.3 is 5.69 Å². The van der Waals surface area contributed by atoms with Crippen LogP contribution in [0, 0.1) is 17.8 Å². The van der Waals surface area contributed by atoms with E-state index in [0.717, 1.165) is 38.2 Å². The van der Waals surface area contributed by atoms with E-state index in [4.69, 9.17) is 4.74 Å². The first-order valence-electron chi connectivity index (χ1n) is 8.69. The summed E-state index contributed by atoms with van der Waals surface area (Å²) >= 11 is 0. The fourth-order valence-corrected chi connectivity index (χ4v) is 5.14. The number of ether oxygens (including phenoxy) is 1. The molecule has 1 aromatic heterocycles. The Kier molecular flexibility index (Phi) is 2.81. The van der Waals surface area contributed by atoms with Crippen molar-refractivity contribution < 1.29 is 9.53 Å². The molecule has 1 aromatic rings. The van der Waals surface area contributed by atoms with Crippen LogP contribution in [0.15, 0.2) is 4.79 Å². The van der Waals surface area contributed by atoms with Gasteiger partial charge in [0.05, 0.1) is 18.1 Å². The number of amides is 1. The van der Waals surface area contributed by atoms with Gasteiger partial charge < -0.3 is 9.64 Å². The molecule has 3 fully saturated rings. The molecule has 0 radical (unpaired) electrons. The van der Waals surface area contributed by atoms with Crippen LogP contribution in [0.1, 0.15) is 25.1 Å². The van der Waals surface area contributed by atoms with Crippen molar-refractivity contribution in [2.75, 3.05) is 13.1 Å². The number of fused-ring (bicyclic) bond motifs is 6. The molecule has 0 N–H and O–H groups in total. The van der Waals surface area contributed by atoms with Crippen LogP contribution in [0.5, 0.6) is 0 Å². The molecule has 124 valence electrons. The van der Waals surface area contributed by atoms with Crippen molar-refractivity contribution in [2.24, 2.45) is 24.8 Å². The number of carbonyl (C=O) groups excluding carboxylic acids is 1. The Hall–Kier alpha value is -1.63. The Balaban J connectivity index is 1.33. The molecule has 7 nitrogen and oxygen atoms in total. The van der Waals surface area contributed by atoms with Gasteiger partial charge in [0.1, 0.15) is 5.82 Å². The monoisotopic (exact) mass is 318 g/mol. The highest BCUT2D eigenvalue weighted by atomic mass is 16.5. The van der Waals surface area contributed by atoms with Gasteiger partial charge in [-0.05, 0) is 19.3 Å². The number of aromatic nitrogens is 3. The largest absolute Gasteiger partial charge is 0.374 e. The van der Waals surface area contributed by atoms with E-state index in [9.17, 15) is 9.59 Å². The van der Waals surface area contributed by atoms with E-state index < -0.39 is 0 Å². The number of carbonyl (C=O) groups is 1. The lowest BCUT2D eigenvalue weighted by Gasteiger charge is -2.27. The first kappa shape index (κ1) is 13.8. The minimum absolute atomic E-state index is 0.0817. The van der Waals surface area contributed by atoms with E-state index in [1.54, 1.807) is 11.6 Å². The normalized spacial score (nSPS) is 38.0. The lowest BCUT2D eigenvalue weighted by molar-refractivity contribution is -0.136. The summed E-state index contributed by atoms with van der Waals surface area (Å²) in [4.78, 5) is 27.1.